The maximum absolute atomic E-state index is 13.0. The molecule has 5 nitrogen and oxygen atoms in total. The molecule has 1 aromatic carbocycles. The Morgan fingerprint density at radius 1 is 1.17 bits per heavy atom. The Morgan fingerprint density at radius 2 is 1.83 bits per heavy atom. The van der Waals surface area contributed by atoms with Gasteiger partial charge in [0.05, 0.1) is 12.2 Å². The van der Waals surface area contributed by atoms with Crippen LogP contribution in [0.2, 0.25) is 0 Å². The van der Waals surface area contributed by atoms with Crippen molar-refractivity contribution in [1.82, 2.24) is 5.32 Å². The van der Waals surface area contributed by atoms with Crippen molar-refractivity contribution in [2.24, 2.45) is 0 Å². The van der Waals surface area contributed by atoms with Crippen molar-refractivity contribution < 1.29 is 13.2 Å². The fourth-order valence-electron chi connectivity index (χ4n) is 2.19. The third-order valence-electron chi connectivity index (χ3n) is 3.14. The highest BCUT2D eigenvalue weighted by atomic mass is 32.2. The van der Waals surface area contributed by atoms with Crippen LogP contribution in [0.3, 0.4) is 0 Å². The van der Waals surface area contributed by atoms with Gasteiger partial charge in [-0.15, -0.1) is 11.3 Å². The average Bonchev–Trinajstić information content (AvgIpc) is 2.95. The van der Waals surface area contributed by atoms with Crippen LogP contribution in [0.25, 0.3) is 0 Å². The summed E-state index contributed by atoms with van der Waals surface area (Å²) >= 11 is 1.18. The maximum Gasteiger partial charge on any atom is 0.274 e. The molecule has 0 saturated heterocycles. The molecular formula is C16H20N2O3S2. The van der Waals surface area contributed by atoms with E-state index < -0.39 is 10.0 Å². The summed E-state index contributed by atoms with van der Waals surface area (Å²) in [6, 6.07) is 12.2. The van der Waals surface area contributed by atoms with E-state index in [1.165, 1.54) is 22.6 Å². The number of anilines is 1. The second-order valence-electron chi connectivity index (χ2n) is 5.36. The van der Waals surface area contributed by atoms with Gasteiger partial charge < -0.3 is 5.32 Å². The van der Waals surface area contributed by atoms with Crippen LogP contribution in [0.4, 0.5) is 5.69 Å². The van der Waals surface area contributed by atoms with Gasteiger partial charge in [-0.1, -0.05) is 18.2 Å². The van der Waals surface area contributed by atoms with E-state index in [-0.39, 0.29) is 16.2 Å². The fraction of sp³-hybridized carbons (Fsp3) is 0.312. The van der Waals surface area contributed by atoms with Crippen LogP contribution in [-0.2, 0) is 21.4 Å². The number of para-hydroxylation sites is 1. The van der Waals surface area contributed by atoms with Gasteiger partial charge in [-0.05, 0) is 38.1 Å². The van der Waals surface area contributed by atoms with Crippen molar-refractivity contribution in [3.63, 3.8) is 0 Å². The molecule has 1 N–H and O–H groups in total. The van der Waals surface area contributed by atoms with Gasteiger partial charge in [-0.2, -0.15) is 0 Å². The molecule has 0 aliphatic heterocycles. The van der Waals surface area contributed by atoms with Crippen LogP contribution in [0, 0.1) is 0 Å². The van der Waals surface area contributed by atoms with Crippen molar-refractivity contribution in [2.75, 3.05) is 4.31 Å². The maximum atomic E-state index is 13.0. The van der Waals surface area contributed by atoms with Crippen molar-refractivity contribution >= 4 is 33.0 Å². The summed E-state index contributed by atoms with van der Waals surface area (Å²) in [5.41, 5.74) is 0.638. The van der Waals surface area contributed by atoms with Crippen LogP contribution >= 0.6 is 11.3 Å². The van der Waals surface area contributed by atoms with Crippen molar-refractivity contribution in [1.29, 1.82) is 0 Å². The van der Waals surface area contributed by atoms with E-state index in [1.807, 2.05) is 32.0 Å². The Hall–Kier alpha value is -1.86. The third-order valence-corrected chi connectivity index (χ3v) is 6.70. The zero-order chi connectivity index (χ0) is 17.0. The highest BCUT2D eigenvalue weighted by molar-refractivity contribution is 7.94. The van der Waals surface area contributed by atoms with E-state index >= 15 is 0 Å². The topological polar surface area (TPSA) is 66.5 Å². The minimum atomic E-state index is -3.63. The van der Waals surface area contributed by atoms with Gasteiger partial charge in [0.1, 0.15) is 4.21 Å². The SMILES string of the molecule is CC(=O)NCc1ccc(S(=O)(=O)N(c2ccccc2)C(C)C)s1. The number of amides is 1. The average molecular weight is 352 g/mol. The first-order valence-corrected chi connectivity index (χ1v) is 9.50. The van der Waals surface area contributed by atoms with Gasteiger partial charge in [0, 0.05) is 17.8 Å². The molecule has 1 heterocycles. The Bertz CT molecular complexity index is 768. The number of carbonyl (C=O) groups excluding carboxylic acids is 1. The molecule has 0 unspecified atom stereocenters. The van der Waals surface area contributed by atoms with Crippen LogP contribution in [0.5, 0.6) is 0 Å². The molecule has 0 saturated carbocycles. The molecular weight excluding hydrogens is 332 g/mol. The lowest BCUT2D eigenvalue weighted by molar-refractivity contribution is -0.119. The van der Waals surface area contributed by atoms with Crippen LogP contribution in [0.1, 0.15) is 25.6 Å². The molecule has 0 aliphatic carbocycles. The minimum absolute atomic E-state index is 0.143. The number of hydrogen-bond donors (Lipinski definition) is 1. The molecule has 2 aromatic rings. The zero-order valence-corrected chi connectivity index (χ0v) is 14.9. The smallest absolute Gasteiger partial charge is 0.274 e. The number of nitrogens with zero attached hydrogens (tertiary/aromatic N) is 1. The molecule has 124 valence electrons. The first-order valence-electron chi connectivity index (χ1n) is 7.25. The normalized spacial score (nSPS) is 11.5. The number of thiophene rings is 1. The second-order valence-corrected chi connectivity index (χ2v) is 8.57. The number of nitrogens with one attached hydrogen (secondary N) is 1. The standard InChI is InChI=1S/C16H20N2O3S2/c1-12(2)18(14-7-5-4-6-8-14)23(20,21)16-10-9-15(22-16)11-17-13(3)19/h4-10,12H,11H2,1-3H3,(H,17,19). The summed E-state index contributed by atoms with van der Waals surface area (Å²) in [6.07, 6.45) is 0. The van der Waals surface area contributed by atoms with Gasteiger partial charge in [-0.3, -0.25) is 9.10 Å². The molecule has 0 fully saturated rings. The summed E-state index contributed by atoms with van der Waals surface area (Å²) in [5, 5.41) is 2.67. The first-order chi connectivity index (χ1) is 10.8. The summed E-state index contributed by atoms with van der Waals surface area (Å²) in [5.74, 6) is -0.143. The summed E-state index contributed by atoms with van der Waals surface area (Å²) < 4.78 is 27.6. The second kappa shape index (κ2) is 7.14. The third kappa shape index (κ3) is 4.11. The molecule has 1 amide bonds. The molecule has 0 spiro atoms. The molecule has 0 radical (unpaired) electrons. The van der Waals surface area contributed by atoms with E-state index in [9.17, 15) is 13.2 Å². The van der Waals surface area contributed by atoms with Crippen molar-refractivity contribution in [3.8, 4) is 0 Å². The van der Waals surface area contributed by atoms with Gasteiger partial charge in [0.2, 0.25) is 5.91 Å². The Balaban J connectivity index is 2.33. The Kier molecular flexibility index (Phi) is 5.43. The molecule has 2 rings (SSSR count). The van der Waals surface area contributed by atoms with Crippen LogP contribution in [0.15, 0.2) is 46.7 Å². The summed E-state index contributed by atoms with van der Waals surface area (Å²) in [7, 11) is -3.63. The van der Waals surface area contributed by atoms with Crippen LogP contribution in [-0.4, -0.2) is 20.4 Å². The van der Waals surface area contributed by atoms with Crippen LogP contribution < -0.4 is 9.62 Å². The highest BCUT2D eigenvalue weighted by Gasteiger charge is 2.28. The first kappa shape index (κ1) is 17.5. The highest BCUT2D eigenvalue weighted by Crippen LogP contribution is 2.30. The number of sulfonamides is 1. The number of hydrogen-bond acceptors (Lipinski definition) is 4. The summed E-state index contributed by atoms with van der Waals surface area (Å²) in [4.78, 5) is 11.8. The number of benzene rings is 1. The van der Waals surface area contributed by atoms with E-state index in [0.717, 1.165) is 4.88 Å². The van der Waals surface area contributed by atoms with E-state index in [0.29, 0.717) is 12.2 Å². The quantitative estimate of drug-likeness (QED) is 0.869. The zero-order valence-electron chi connectivity index (χ0n) is 13.3. The van der Waals surface area contributed by atoms with Gasteiger partial charge in [-0.25, -0.2) is 8.42 Å². The lowest BCUT2D eigenvalue weighted by Crippen LogP contribution is -2.36. The molecule has 1 aromatic heterocycles. The Morgan fingerprint density at radius 3 is 2.39 bits per heavy atom. The van der Waals surface area contributed by atoms with E-state index in [1.54, 1.807) is 24.3 Å². The van der Waals surface area contributed by atoms with E-state index in [2.05, 4.69) is 5.32 Å². The molecule has 0 atom stereocenters. The molecule has 23 heavy (non-hydrogen) atoms. The number of rotatable bonds is 6. The van der Waals surface area contributed by atoms with Gasteiger partial charge in [0.15, 0.2) is 0 Å². The van der Waals surface area contributed by atoms with Crippen molar-refractivity contribution in [3.05, 3.63) is 47.3 Å². The predicted molar refractivity (Wildman–Crippen MR) is 93.1 cm³/mol. The monoisotopic (exact) mass is 352 g/mol. The molecule has 0 aliphatic rings. The van der Waals surface area contributed by atoms with Crippen molar-refractivity contribution in [2.45, 2.75) is 37.6 Å². The number of carbonyl (C=O) groups is 1. The minimum Gasteiger partial charge on any atom is -0.351 e. The summed E-state index contributed by atoms with van der Waals surface area (Å²) in [6.45, 7) is 5.45. The molecule has 0 bridgehead atoms. The lowest BCUT2D eigenvalue weighted by Gasteiger charge is -2.27. The van der Waals surface area contributed by atoms with Gasteiger partial charge >= 0.3 is 0 Å². The largest absolute Gasteiger partial charge is 0.351 e. The van der Waals surface area contributed by atoms with Gasteiger partial charge in [0.25, 0.3) is 10.0 Å². The molecule has 7 heteroatoms. The lowest BCUT2D eigenvalue weighted by atomic mass is 10.3. The van der Waals surface area contributed by atoms with E-state index in [4.69, 9.17) is 0 Å². The Labute approximate surface area is 141 Å². The fourth-order valence-corrected chi connectivity index (χ4v) is 5.24. The predicted octanol–water partition coefficient (Wildman–Crippen LogP) is 2.99.